The number of amides is 1. The summed E-state index contributed by atoms with van der Waals surface area (Å²) in [5.74, 6) is -0.109. The summed E-state index contributed by atoms with van der Waals surface area (Å²) in [6, 6.07) is 21.5. The molecular weight excluding hydrogens is 442 g/mol. The SMILES string of the molecule is CCOc1cccc([C@@H]2/C(=C(\O)c3ccc4c(c3)C[C@H](C)O4)C(=O)C(=O)N2Cc2ccccc2)c1. The van der Waals surface area contributed by atoms with Crippen LogP contribution < -0.4 is 9.47 Å². The lowest BCUT2D eigenvalue weighted by atomic mass is 9.94. The molecule has 6 nitrogen and oxygen atoms in total. The Morgan fingerprint density at radius 2 is 1.86 bits per heavy atom. The van der Waals surface area contributed by atoms with Crippen LogP contribution >= 0.6 is 0 Å². The van der Waals surface area contributed by atoms with Gasteiger partial charge in [0.05, 0.1) is 18.2 Å². The van der Waals surface area contributed by atoms with Gasteiger partial charge in [-0.25, -0.2) is 0 Å². The largest absolute Gasteiger partial charge is 0.507 e. The summed E-state index contributed by atoms with van der Waals surface area (Å²) < 4.78 is 11.4. The van der Waals surface area contributed by atoms with Crippen molar-refractivity contribution in [2.24, 2.45) is 0 Å². The maximum atomic E-state index is 13.3. The average Bonchev–Trinajstić information content (AvgIpc) is 3.35. The van der Waals surface area contributed by atoms with Crippen LogP contribution in [0.15, 0.2) is 78.4 Å². The molecule has 2 aliphatic heterocycles. The highest BCUT2D eigenvalue weighted by molar-refractivity contribution is 6.46. The number of ketones is 1. The van der Waals surface area contributed by atoms with Gasteiger partial charge in [-0.15, -0.1) is 0 Å². The van der Waals surface area contributed by atoms with Crippen molar-refractivity contribution < 1.29 is 24.2 Å². The van der Waals surface area contributed by atoms with Gasteiger partial charge in [-0.05, 0) is 60.9 Å². The number of rotatable bonds is 6. The van der Waals surface area contributed by atoms with E-state index in [0.29, 0.717) is 23.5 Å². The number of aliphatic hydroxyl groups is 1. The van der Waals surface area contributed by atoms with Crippen LogP contribution in [0.25, 0.3) is 5.76 Å². The molecular formula is C29H27NO5. The molecule has 0 radical (unpaired) electrons. The van der Waals surface area contributed by atoms with Crippen LogP contribution in [0.3, 0.4) is 0 Å². The summed E-state index contributed by atoms with van der Waals surface area (Å²) in [6.07, 6.45) is 0.777. The Kier molecular flexibility index (Phi) is 6.03. The Bertz CT molecular complexity index is 1310. The second-order valence-electron chi connectivity index (χ2n) is 8.87. The van der Waals surface area contributed by atoms with E-state index in [1.165, 1.54) is 4.90 Å². The summed E-state index contributed by atoms with van der Waals surface area (Å²) >= 11 is 0. The van der Waals surface area contributed by atoms with E-state index in [4.69, 9.17) is 9.47 Å². The van der Waals surface area contributed by atoms with Crippen molar-refractivity contribution in [2.45, 2.75) is 39.0 Å². The Balaban J connectivity index is 1.63. The monoisotopic (exact) mass is 469 g/mol. The fourth-order valence-electron chi connectivity index (χ4n) is 4.84. The van der Waals surface area contributed by atoms with Gasteiger partial charge in [0.1, 0.15) is 23.4 Å². The Morgan fingerprint density at radius 1 is 1.06 bits per heavy atom. The molecule has 1 saturated heterocycles. The van der Waals surface area contributed by atoms with Gasteiger partial charge in [-0.1, -0.05) is 42.5 Å². The molecule has 3 aromatic carbocycles. The highest BCUT2D eigenvalue weighted by Crippen LogP contribution is 2.42. The first-order valence-corrected chi connectivity index (χ1v) is 11.8. The molecule has 0 aromatic heterocycles. The van der Waals surface area contributed by atoms with Crippen molar-refractivity contribution in [1.82, 2.24) is 4.90 Å². The van der Waals surface area contributed by atoms with Gasteiger partial charge in [0.15, 0.2) is 0 Å². The summed E-state index contributed by atoms with van der Waals surface area (Å²) in [5, 5.41) is 11.4. The van der Waals surface area contributed by atoms with E-state index < -0.39 is 17.7 Å². The van der Waals surface area contributed by atoms with Gasteiger partial charge in [0.25, 0.3) is 11.7 Å². The van der Waals surface area contributed by atoms with Crippen molar-refractivity contribution >= 4 is 17.4 Å². The molecule has 5 rings (SSSR count). The number of benzene rings is 3. The number of carbonyl (C=O) groups excluding carboxylic acids is 2. The standard InChI is InChI=1S/C29H27NO5/c1-3-34-23-11-7-10-20(16-23)26-25(27(31)21-12-13-24-22(15-21)14-18(2)35-24)28(32)29(33)30(26)17-19-8-5-4-6-9-19/h4-13,15-16,18,26,31H,3,14,17H2,1-2H3/b27-25+/t18-,26+/m0/s1. The minimum absolute atomic E-state index is 0.0557. The molecule has 1 N–H and O–H groups in total. The molecule has 0 spiro atoms. The molecule has 0 unspecified atom stereocenters. The number of ether oxygens (including phenoxy) is 2. The third-order valence-electron chi connectivity index (χ3n) is 6.39. The Morgan fingerprint density at radius 3 is 2.63 bits per heavy atom. The molecule has 2 atom stereocenters. The van der Waals surface area contributed by atoms with E-state index in [-0.39, 0.29) is 24.0 Å². The van der Waals surface area contributed by atoms with E-state index in [0.717, 1.165) is 23.3 Å². The zero-order valence-electron chi connectivity index (χ0n) is 19.7. The van der Waals surface area contributed by atoms with E-state index in [1.807, 2.05) is 74.5 Å². The van der Waals surface area contributed by atoms with E-state index in [2.05, 4.69) is 0 Å². The zero-order valence-corrected chi connectivity index (χ0v) is 19.7. The van der Waals surface area contributed by atoms with Gasteiger partial charge in [0.2, 0.25) is 0 Å². The highest BCUT2D eigenvalue weighted by Gasteiger charge is 2.46. The summed E-state index contributed by atoms with van der Waals surface area (Å²) in [7, 11) is 0. The van der Waals surface area contributed by atoms with Crippen LogP contribution in [-0.2, 0) is 22.6 Å². The molecule has 2 aliphatic rings. The van der Waals surface area contributed by atoms with Gasteiger partial charge in [-0.2, -0.15) is 0 Å². The molecule has 3 aromatic rings. The second-order valence-corrected chi connectivity index (χ2v) is 8.87. The summed E-state index contributed by atoms with van der Waals surface area (Å²) in [6.45, 7) is 4.61. The molecule has 1 amide bonds. The number of hydrogen-bond acceptors (Lipinski definition) is 5. The van der Waals surface area contributed by atoms with E-state index in [1.54, 1.807) is 12.1 Å². The average molecular weight is 470 g/mol. The molecule has 0 saturated carbocycles. The fourth-order valence-corrected chi connectivity index (χ4v) is 4.84. The van der Waals surface area contributed by atoms with Gasteiger partial charge in [-0.3, -0.25) is 9.59 Å². The topological polar surface area (TPSA) is 76.1 Å². The van der Waals surface area contributed by atoms with E-state index >= 15 is 0 Å². The van der Waals surface area contributed by atoms with Crippen molar-refractivity contribution in [3.05, 3.63) is 101 Å². The van der Waals surface area contributed by atoms with E-state index in [9.17, 15) is 14.7 Å². The first-order valence-electron chi connectivity index (χ1n) is 11.8. The lowest BCUT2D eigenvalue weighted by Gasteiger charge is -2.26. The second kappa shape index (κ2) is 9.29. The van der Waals surface area contributed by atoms with Crippen LogP contribution in [-0.4, -0.2) is 34.4 Å². The van der Waals surface area contributed by atoms with Crippen molar-refractivity contribution in [3.8, 4) is 11.5 Å². The minimum atomic E-state index is -0.751. The molecule has 1 fully saturated rings. The molecule has 178 valence electrons. The maximum Gasteiger partial charge on any atom is 0.295 e. The predicted molar refractivity (Wildman–Crippen MR) is 132 cm³/mol. The quantitative estimate of drug-likeness (QED) is 0.311. The number of fused-ring (bicyclic) bond motifs is 1. The van der Waals surface area contributed by atoms with Crippen molar-refractivity contribution in [3.63, 3.8) is 0 Å². The van der Waals surface area contributed by atoms with Gasteiger partial charge >= 0.3 is 0 Å². The van der Waals surface area contributed by atoms with Gasteiger partial charge < -0.3 is 19.5 Å². The first-order chi connectivity index (χ1) is 17.0. The normalized spacial score (nSPS) is 20.6. The Hall–Kier alpha value is -4.06. The van der Waals surface area contributed by atoms with Crippen LogP contribution in [0.4, 0.5) is 0 Å². The lowest BCUT2D eigenvalue weighted by molar-refractivity contribution is -0.140. The molecule has 35 heavy (non-hydrogen) atoms. The molecule has 0 aliphatic carbocycles. The summed E-state index contributed by atoms with van der Waals surface area (Å²) in [4.78, 5) is 28.1. The predicted octanol–water partition coefficient (Wildman–Crippen LogP) is 5.03. The highest BCUT2D eigenvalue weighted by atomic mass is 16.5. The number of carbonyl (C=O) groups is 2. The number of likely N-dealkylation sites (tertiary alicyclic amines) is 1. The first kappa shape index (κ1) is 22.7. The van der Waals surface area contributed by atoms with Crippen LogP contribution in [0.2, 0.25) is 0 Å². The summed E-state index contributed by atoms with van der Waals surface area (Å²) in [5.41, 5.74) is 3.13. The third kappa shape index (κ3) is 4.28. The minimum Gasteiger partial charge on any atom is -0.507 e. The molecule has 6 heteroatoms. The zero-order chi connectivity index (χ0) is 24.5. The van der Waals surface area contributed by atoms with Crippen molar-refractivity contribution in [1.29, 1.82) is 0 Å². The fraction of sp³-hybridized carbons (Fsp3) is 0.241. The van der Waals surface area contributed by atoms with Gasteiger partial charge in [0, 0.05) is 18.5 Å². The smallest absolute Gasteiger partial charge is 0.295 e. The van der Waals surface area contributed by atoms with Crippen molar-refractivity contribution in [2.75, 3.05) is 6.61 Å². The maximum absolute atomic E-state index is 13.3. The van der Waals surface area contributed by atoms with Crippen LogP contribution in [0.5, 0.6) is 11.5 Å². The lowest BCUT2D eigenvalue weighted by Crippen LogP contribution is -2.29. The van der Waals surface area contributed by atoms with Crippen LogP contribution in [0.1, 0.15) is 42.1 Å². The Labute approximate surface area is 204 Å². The molecule has 0 bridgehead atoms. The third-order valence-corrected chi connectivity index (χ3v) is 6.39. The number of hydrogen-bond donors (Lipinski definition) is 1. The van der Waals surface area contributed by atoms with Crippen LogP contribution in [0, 0.1) is 0 Å². The molecule has 2 heterocycles. The number of nitrogens with zero attached hydrogens (tertiary/aromatic N) is 1. The number of Topliss-reactive ketones (excluding diaryl/α,β-unsaturated/α-hetero) is 1. The number of aliphatic hydroxyl groups excluding tert-OH is 1.